The SMILES string of the molecule is O=C1C(Sc2nc3ccccc3[nH]2)CCN1c1ccccc1Cl. The fourth-order valence-corrected chi connectivity index (χ4v) is 4.07. The minimum Gasteiger partial charge on any atom is -0.333 e. The lowest BCUT2D eigenvalue weighted by atomic mass is 10.3. The molecule has 1 unspecified atom stereocenters. The van der Waals surface area contributed by atoms with Gasteiger partial charge in [0.05, 0.1) is 27.0 Å². The number of hydrogen-bond acceptors (Lipinski definition) is 3. The average molecular weight is 344 g/mol. The summed E-state index contributed by atoms with van der Waals surface area (Å²) >= 11 is 7.70. The molecule has 23 heavy (non-hydrogen) atoms. The molecule has 0 bridgehead atoms. The van der Waals surface area contributed by atoms with Gasteiger partial charge in [-0.2, -0.15) is 0 Å². The number of nitrogens with zero attached hydrogens (tertiary/aromatic N) is 2. The van der Waals surface area contributed by atoms with E-state index in [2.05, 4.69) is 9.97 Å². The summed E-state index contributed by atoms with van der Waals surface area (Å²) in [6.45, 7) is 0.681. The lowest BCUT2D eigenvalue weighted by Crippen LogP contribution is -2.28. The molecule has 1 amide bonds. The summed E-state index contributed by atoms with van der Waals surface area (Å²) in [7, 11) is 0. The van der Waals surface area contributed by atoms with Gasteiger partial charge in [-0.25, -0.2) is 4.98 Å². The number of fused-ring (bicyclic) bond motifs is 1. The first-order chi connectivity index (χ1) is 11.2. The largest absolute Gasteiger partial charge is 0.333 e. The monoisotopic (exact) mass is 343 g/mol. The molecule has 3 aromatic rings. The number of anilines is 1. The number of imidazole rings is 1. The predicted octanol–water partition coefficient (Wildman–Crippen LogP) is 4.11. The smallest absolute Gasteiger partial charge is 0.240 e. The zero-order chi connectivity index (χ0) is 15.8. The Morgan fingerprint density at radius 3 is 2.78 bits per heavy atom. The number of H-pyrrole nitrogens is 1. The summed E-state index contributed by atoms with van der Waals surface area (Å²) in [6, 6.07) is 15.3. The fourth-order valence-electron chi connectivity index (χ4n) is 2.79. The van der Waals surface area contributed by atoms with E-state index in [1.807, 2.05) is 48.5 Å². The van der Waals surface area contributed by atoms with Crippen LogP contribution >= 0.6 is 23.4 Å². The Morgan fingerprint density at radius 2 is 1.96 bits per heavy atom. The van der Waals surface area contributed by atoms with Crippen LogP contribution in [0.5, 0.6) is 0 Å². The highest BCUT2D eigenvalue weighted by molar-refractivity contribution is 8.00. The summed E-state index contributed by atoms with van der Waals surface area (Å²) in [6.07, 6.45) is 0.784. The summed E-state index contributed by atoms with van der Waals surface area (Å²) in [5.41, 5.74) is 2.69. The third-order valence-electron chi connectivity index (χ3n) is 3.92. The molecule has 1 aromatic heterocycles. The zero-order valence-electron chi connectivity index (χ0n) is 12.2. The number of nitrogens with one attached hydrogen (secondary N) is 1. The Balaban J connectivity index is 1.55. The number of halogens is 1. The number of benzene rings is 2. The van der Waals surface area contributed by atoms with Gasteiger partial charge in [-0.3, -0.25) is 4.79 Å². The van der Waals surface area contributed by atoms with E-state index in [0.717, 1.165) is 28.3 Å². The van der Waals surface area contributed by atoms with E-state index >= 15 is 0 Å². The molecule has 1 saturated heterocycles. The van der Waals surface area contributed by atoms with Gasteiger partial charge in [-0.15, -0.1) is 0 Å². The van der Waals surface area contributed by atoms with Gasteiger partial charge in [0.2, 0.25) is 5.91 Å². The molecule has 0 spiro atoms. The molecule has 0 radical (unpaired) electrons. The summed E-state index contributed by atoms with van der Waals surface area (Å²) < 4.78 is 0. The van der Waals surface area contributed by atoms with Gasteiger partial charge in [0.1, 0.15) is 0 Å². The van der Waals surface area contributed by atoms with Crippen LogP contribution in [0.1, 0.15) is 6.42 Å². The highest BCUT2D eigenvalue weighted by atomic mass is 35.5. The van der Waals surface area contributed by atoms with Crippen molar-refractivity contribution in [2.75, 3.05) is 11.4 Å². The molecule has 4 rings (SSSR count). The van der Waals surface area contributed by atoms with Gasteiger partial charge >= 0.3 is 0 Å². The molecule has 1 aliphatic heterocycles. The molecule has 1 atom stereocenters. The van der Waals surface area contributed by atoms with Crippen molar-refractivity contribution in [1.82, 2.24) is 9.97 Å². The van der Waals surface area contributed by atoms with E-state index in [1.54, 1.807) is 4.90 Å². The Labute approximate surface area is 142 Å². The third kappa shape index (κ3) is 2.71. The van der Waals surface area contributed by atoms with E-state index in [1.165, 1.54) is 11.8 Å². The van der Waals surface area contributed by atoms with Crippen molar-refractivity contribution >= 4 is 46.0 Å². The molecule has 6 heteroatoms. The number of carbonyl (C=O) groups excluding carboxylic acids is 1. The number of aromatic nitrogens is 2. The minimum absolute atomic E-state index is 0.0866. The Morgan fingerprint density at radius 1 is 1.17 bits per heavy atom. The van der Waals surface area contributed by atoms with Gasteiger partial charge in [0.15, 0.2) is 5.16 Å². The molecular weight excluding hydrogens is 330 g/mol. The molecule has 4 nitrogen and oxygen atoms in total. The maximum absolute atomic E-state index is 12.7. The molecule has 1 fully saturated rings. The quantitative estimate of drug-likeness (QED) is 0.778. The normalized spacial score (nSPS) is 18.0. The van der Waals surface area contributed by atoms with Crippen LogP contribution in [0, 0.1) is 0 Å². The van der Waals surface area contributed by atoms with E-state index in [0.29, 0.717) is 11.6 Å². The topological polar surface area (TPSA) is 49.0 Å². The highest BCUT2D eigenvalue weighted by Gasteiger charge is 2.34. The number of amides is 1. The van der Waals surface area contributed by atoms with Crippen LogP contribution in [-0.2, 0) is 4.79 Å². The third-order valence-corrected chi connectivity index (χ3v) is 5.38. The minimum atomic E-state index is -0.133. The van der Waals surface area contributed by atoms with Gasteiger partial charge < -0.3 is 9.88 Å². The standard InChI is InChI=1S/C17H14ClN3OS/c18-11-5-1-4-8-14(11)21-10-9-15(16(21)22)23-17-19-12-6-2-3-7-13(12)20-17/h1-8,15H,9-10H2,(H,19,20). The maximum atomic E-state index is 12.7. The van der Waals surface area contributed by atoms with Crippen molar-refractivity contribution in [3.63, 3.8) is 0 Å². The van der Waals surface area contributed by atoms with Crippen molar-refractivity contribution in [2.24, 2.45) is 0 Å². The van der Waals surface area contributed by atoms with E-state index in [-0.39, 0.29) is 11.2 Å². The molecule has 2 aromatic carbocycles. The van der Waals surface area contributed by atoms with Gasteiger partial charge in [0.25, 0.3) is 0 Å². The van der Waals surface area contributed by atoms with Crippen LogP contribution in [0.3, 0.4) is 0 Å². The van der Waals surface area contributed by atoms with E-state index in [4.69, 9.17) is 11.6 Å². The first-order valence-electron chi connectivity index (χ1n) is 7.40. The summed E-state index contributed by atoms with van der Waals surface area (Å²) in [5, 5.41) is 1.26. The molecule has 1 N–H and O–H groups in total. The first-order valence-corrected chi connectivity index (χ1v) is 8.65. The lowest BCUT2D eigenvalue weighted by molar-refractivity contribution is -0.116. The van der Waals surface area contributed by atoms with E-state index in [9.17, 15) is 4.79 Å². The van der Waals surface area contributed by atoms with Crippen LogP contribution in [0.25, 0.3) is 11.0 Å². The van der Waals surface area contributed by atoms with Gasteiger partial charge in [0, 0.05) is 6.54 Å². The number of rotatable bonds is 3. The molecular formula is C17H14ClN3OS. The van der Waals surface area contributed by atoms with Crippen LogP contribution in [-0.4, -0.2) is 27.7 Å². The number of hydrogen-bond donors (Lipinski definition) is 1. The van der Waals surface area contributed by atoms with Crippen molar-refractivity contribution in [3.05, 3.63) is 53.6 Å². The van der Waals surface area contributed by atoms with Crippen LogP contribution < -0.4 is 4.90 Å². The summed E-state index contributed by atoms with van der Waals surface area (Å²) in [4.78, 5) is 22.2. The number of para-hydroxylation sites is 3. The van der Waals surface area contributed by atoms with Gasteiger partial charge in [-0.1, -0.05) is 47.6 Å². The molecule has 116 valence electrons. The fraction of sp³-hybridized carbons (Fsp3) is 0.176. The Bertz CT molecular complexity index is 846. The van der Waals surface area contributed by atoms with E-state index < -0.39 is 0 Å². The van der Waals surface area contributed by atoms with Crippen molar-refractivity contribution in [2.45, 2.75) is 16.8 Å². The maximum Gasteiger partial charge on any atom is 0.240 e. The second kappa shape index (κ2) is 5.91. The van der Waals surface area contributed by atoms with Crippen LogP contribution in [0.15, 0.2) is 53.7 Å². The molecule has 2 heterocycles. The highest BCUT2D eigenvalue weighted by Crippen LogP contribution is 2.35. The summed E-state index contributed by atoms with van der Waals surface area (Å²) in [5.74, 6) is 0.0866. The lowest BCUT2D eigenvalue weighted by Gasteiger charge is -2.17. The Hall–Kier alpha value is -1.98. The Kier molecular flexibility index (Phi) is 3.75. The number of thioether (sulfide) groups is 1. The predicted molar refractivity (Wildman–Crippen MR) is 94.2 cm³/mol. The number of aromatic amines is 1. The van der Waals surface area contributed by atoms with Crippen LogP contribution in [0.2, 0.25) is 5.02 Å². The first kappa shape index (κ1) is 14.6. The average Bonchev–Trinajstić information content (AvgIpc) is 3.12. The molecule has 0 saturated carbocycles. The zero-order valence-corrected chi connectivity index (χ0v) is 13.8. The second-order valence-corrected chi connectivity index (χ2v) is 6.99. The van der Waals surface area contributed by atoms with Gasteiger partial charge in [-0.05, 0) is 30.7 Å². The van der Waals surface area contributed by atoms with Crippen molar-refractivity contribution in [1.29, 1.82) is 0 Å². The second-order valence-electron chi connectivity index (χ2n) is 5.40. The molecule has 0 aliphatic carbocycles. The molecule has 1 aliphatic rings. The number of carbonyl (C=O) groups is 1. The van der Waals surface area contributed by atoms with Crippen LogP contribution in [0.4, 0.5) is 5.69 Å². The van der Waals surface area contributed by atoms with Crippen molar-refractivity contribution < 1.29 is 4.79 Å². The van der Waals surface area contributed by atoms with Crippen molar-refractivity contribution in [3.8, 4) is 0 Å².